The summed E-state index contributed by atoms with van der Waals surface area (Å²) in [5, 5.41) is 6.51. The first-order valence-corrected chi connectivity index (χ1v) is 10.6. The van der Waals surface area contributed by atoms with Gasteiger partial charge in [0.05, 0.1) is 4.90 Å². The van der Waals surface area contributed by atoms with E-state index in [-0.39, 0.29) is 6.04 Å². The van der Waals surface area contributed by atoms with E-state index in [1.807, 2.05) is 12.1 Å². The highest BCUT2D eigenvalue weighted by Gasteiger charge is 2.27. The molecule has 2 aromatic carbocycles. The summed E-state index contributed by atoms with van der Waals surface area (Å²) in [6.07, 6.45) is 1.85. The third-order valence-electron chi connectivity index (χ3n) is 4.40. The summed E-state index contributed by atoms with van der Waals surface area (Å²) < 4.78 is 27.1. The van der Waals surface area contributed by atoms with E-state index in [9.17, 15) is 8.42 Å². The number of sulfonamides is 1. The first-order valence-electron chi connectivity index (χ1n) is 9.07. The standard InChI is InChI=1S/C20H26N4O2S/c1-15-3-5-16(6-4-15)13-22-20(21-2)23-14-17-7-11-19(12-8-17)27(25,26)24-18-9-10-18/h3-8,11-12,18,24H,9-10,13-14H2,1-2H3,(H2,21,22,23). The molecule has 7 heteroatoms. The highest BCUT2D eigenvalue weighted by Crippen LogP contribution is 2.22. The van der Waals surface area contributed by atoms with Gasteiger partial charge in [0.25, 0.3) is 0 Å². The van der Waals surface area contributed by atoms with Crippen molar-refractivity contribution in [3.63, 3.8) is 0 Å². The molecule has 27 heavy (non-hydrogen) atoms. The quantitative estimate of drug-likeness (QED) is 0.504. The number of benzene rings is 2. The Balaban J connectivity index is 1.51. The Hall–Kier alpha value is -2.38. The maximum Gasteiger partial charge on any atom is 0.240 e. The van der Waals surface area contributed by atoms with Gasteiger partial charge in [-0.2, -0.15) is 0 Å². The van der Waals surface area contributed by atoms with Crippen LogP contribution in [-0.2, 0) is 23.1 Å². The van der Waals surface area contributed by atoms with Gasteiger partial charge in [-0.1, -0.05) is 42.0 Å². The minimum Gasteiger partial charge on any atom is -0.352 e. The van der Waals surface area contributed by atoms with Crippen LogP contribution < -0.4 is 15.4 Å². The van der Waals surface area contributed by atoms with E-state index in [4.69, 9.17) is 0 Å². The molecule has 0 bridgehead atoms. The summed E-state index contributed by atoms with van der Waals surface area (Å²) in [5.74, 6) is 0.697. The predicted molar refractivity (Wildman–Crippen MR) is 108 cm³/mol. The average Bonchev–Trinajstić information content (AvgIpc) is 3.47. The number of aryl methyl sites for hydroxylation is 1. The molecule has 2 aromatic rings. The average molecular weight is 387 g/mol. The van der Waals surface area contributed by atoms with Crippen molar-refractivity contribution < 1.29 is 8.42 Å². The highest BCUT2D eigenvalue weighted by molar-refractivity contribution is 7.89. The summed E-state index contributed by atoms with van der Waals surface area (Å²) in [7, 11) is -1.67. The van der Waals surface area contributed by atoms with Gasteiger partial charge in [-0.25, -0.2) is 13.1 Å². The zero-order chi connectivity index (χ0) is 19.3. The summed E-state index contributed by atoms with van der Waals surface area (Å²) >= 11 is 0. The Morgan fingerprint density at radius 3 is 1.96 bits per heavy atom. The molecular weight excluding hydrogens is 360 g/mol. The topological polar surface area (TPSA) is 82.6 Å². The fraction of sp³-hybridized carbons (Fsp3) is 0.350. The molecule has 0 aliphatic heterocycles. The van der Waals surface area contributed by atoms with Crippen LogP contribution in [0.5, 0.6) is 0 Å². The van der Waals surface area contributed by atoms with Crippen LogP contribution in [0.4, 0.5) is 0 Å². The molecule has 3 N–H and O–H groups in total. The molecule has 0 atom stereocenters. The highest BCUT2D eigenvalue weighted by atomic mass is 32.2. The fourth-order valence-corrected chi connectivity index (χ4v) is 3.88. The lowest BCUT2D eigenvalue weighted by Crippen LogP contribution is -2.36. The van der Waals surface area contributed by atoms with E-state index < -0.39 is 10.0 Å². The molecule has 3 rings (SSSR count). The van der Waals surface area contributed by atoms with E-state index in [2.05, 4.69) is 51.5 Å². The van der Waals surface area contributed by atoms with Gasteiger partial charge in [-0.15, -0.1) is 0 Å². The Morgan fingerprint density at radius 1 is 0.963 bits per heavy atom. The molecule has 0 saturated heterocycles. The van der Waals surface area contributed by atoms with Gasteiger partial charge in [0, 0.05) is 26.2 Å². The minimum absolute atomic E-state index is 0.110. The molecule has 0 amide bonds. The number of guanidine groups is 1. The van der Waals surface area contributed by atoms with Crippen LogP contribution >= 0.6 is 0 Å². The molecule has 0 spiro atoms. The second-order valence-electron chi connectivity index (χ2n) is 6.80. The monoisotopic (exact) mass is 386 g/mol. The van der Waals surface area contributed by atoms with Crippen molar-refractivity contribution in [1.82, 2.24) is 15.4 Å². The van der Waals surface area contributed by atoms with Gasteiger partial charge in [0.2, 0.25) is 10.0 Å². The lowest BCUT2D eigenvalue weighted by molar-refractivity contribution is 0.581. The van der Waals surface area contributed by atoms with Crippen LogP contribution in [0.3, 0.4) is 0 Å². The van der Waals surface area contributed by atoms with Crippen LogP contribution in [0.1, 0.15) is 29.5 Å². The van der Waals surface area contributed by atoms with E-state index in [0.717, 1.165) is 18.4 Å². The Labute approximate surface area is 161 Å². The Bertz CT molecular complexity index is 887. The number of hydrogen-bond donors (Lipinski definition) is 3. The number of nitrogens with one attached hydrogen (secondary N) is 3. The molecule has 1 fully saturated rings. The summed E-state index contributed by atoms with van der Waals surface area (Å²) in [6.45, 7) is 3.31. The van der Waals surface area contributed by atoms with Gasteiger partial charge >= 0.3 is 0 Å². The molecule has 0 radical (unpaired) electrons. The summed E-state index contributed by atoms with van der Waals surface area (Å²) in [4.78, 5) is 4.53. The van der Waals surface area contributed by atoms with Crippen LogP contribution in [0.15, 0.2) is 58.4 Å². The number of hydrogen-bond acceptors (Lipinski definition) is 3. The molecule has 0 aromatic heterocycles. The third kappa shape index (κ3) is 5.80. The molecular formula is C20H26N4O2S. The molecule has 0 heterocycles. The van der Waals surface area contributed by atoms with Crippen molar-refractivity contribution in [3.05, 3.63) is 65.2 Å². The van der Waals surface area contributed by atoms with Crippen molar-refractivity contribution in [2.45, 2.75) is 43.8 Å². The van der Waals surface area contributed by atoms with E-state index in [1.54, 1.807) is 19.2 Å². The van der Waals surface area contributed by atoms with Gasteiger partial charge in [0.1, 0.15) is 0 Å². The lowest BCUT2D eigenvalue weighted by atomic mass is 10.1. The van der Waals surface area contributed by atoms with E-state index in [0.29, 0.717) is 23.9 Å². The zero-order valence-corrected chi connectivity index (χ0v) is 16.5. The first-order chi connectivity index (χ1) is 13.0. The van der Waals surface area contributed by atoms with Crippen molar-refractivity contribution in [1.29, 1.82) is 0 Å². The predicted octanol–water partition coefficient (Wildman–Crippen LogP) is 2.30. The Kier molecular flexibility index (Phi) is 6.13. The van der Waals surface area contributed by atoms with Crippen molar-refractivity contribution in [2.24, 2.45) is 4.99 Å². The smallest absolute Gasteiger partial charge is 0.240 e. The van der Waals surface area contributed by atoms with Gasteiger partial charge in [-0.05, 0) is 43.0 Å². The van der Waals surface area contributed by atoms with E-state index in [1.165, 1.54) is 11.1 Å². The largest absolute Gasteiger partial charge is 0.352 e. The minimum atomic E-state index is -3.40. The van der Waals surface area contributed by atoms with Crippen molar-refractivity contribution in [2.75, 3.05) is 7.05 Å². The molecule has 6 nitrogen and oxygen atoms in total. The zero-order valence-electron chi connectivity index (χ0n) is 15.7. The van der Waals surface area contributed by atoms with Crippen molar-refractivity contribution >= 4 is 16.0 Å². The Morgan fingerprint density at radius 2 is 1.48 bits per heavy atom. The van der Waals surface area contributed by atoms with Crippen LogP contribution in [0.25, 0.3) is 0 Å². The maximum absolute atomic E-state index is 12.2. The normalized spacial score (nSPS) is 14.8. The van der Waals surface area contributed by atoms with Gasteiger partial charge in [-0.3, -0.25) is 4.99 Å². The second-order valence-corrected chi connectivity index (χ2v) is 8.52. The second kappa shape index (κ2) is 8.54. The maximum atomic E-state index is 12.2. The van der Waals surface area contributed by atoms with Gasteiger partial charge in [0.15, 0.2) is 5.96 Å². The fourth-order valence-electron chi connectivity index (χ4n) is 2.57. The first kappa shape index (κ1) is 19.4. The van der Waals surface area contributed by atoms with Crippen LogP contribution in [-0.4, -0.2) is 27.5 Å². The molecule has 144 valence electrons. The van der Waals surface area contributed by atoms with E-state index >= 15 is 0 Å². The summed E-state index contributed by atoms with van der Waals surface area (Å²) in [5.41, 5.74) is 3.40. The molecule has 1 aliphatic rings. The SMILES string of the molecule is CN=C(NCc1ccc(C)cc1)NCc1ccc(S(=O)(=O)NC2CC2)cc1. The molecule has 0 unspecified atom stereocenters. The number of nitrogens with zero attached hydrogens (tertiary/aromatic N) is 1. The number of rotatable bonds is 7. The third-order valence-corrected chi connectivity index (χ3v) is 5.93. The summed E-state index contributed by atoms with van der Waals surface area (Å²) in [6, 6.07) is 15.4. The lowest BCUT2D eigenvalue weighted by Gasteiger charge is -2.12. The van der Waals surface area contributed by atoms with Crippen LogP contribution in [0, 0.1) is 6.92 Å². The van der Waals surface area contributed by atoms with Crippen molar-refractivity contribution in [3.8, 4) is 0 Å². The number of aliphatic imine (C=N–C) groups is 1. The van der Waals surface area contributed by atoms with Crippen LogP contribution in [0.2, 0.25) is 0 Å². The van der Waals surface area contributed by atoms with Gasteiger partial charge < -0.3 is 10.6 Å². The molecule has 1 aliphatic carbocycles. The molecule has 1 saturated carbocycles.